The first-order chi connectivity index (χ1) is 11.6. The van der Waals surface area contributed by atoms with E-state index in [2.05, 4.69) is 22.4 Å². The molecule has 124 valence electrons. The van der Waals surface area contributed by atoms with Gasteiger partial charge in [-0.1, -0.05) is 12.1 Å². The number of hydrogen-bond donors (Lipinski definition) is 1. The summed E-state index contributed by atoms with van der Waals surface area (Å²) in [6.07, 6.45) is 2.64. The molecule has 0 aromatic carbocycles. The minimum absolute atomic E-state index is 0.196. The lowest BCUT2D eigenvalue weighted by Crippen LogP contribution is -2.31. The van der Waals surface area contributed by atoms with E-state index in [1.165, 1.54) is 0 Å². The molecule has 4 heterocycles. The number of anilines is 1. The predicted molar refractivity (Wildman–Crippen MR) is 88.1 cm³/mol. The van der Waals surface area contributed by atoms with Crippen molar-refractivity contribution in [3.05, 3.63) is 28.7 Å². The van der Waals surface area contributed by atoms with Crippen molar-refractivity contribution in [1.82, 2.24) is 10.1 Å². The van der Waals surface area contributed by atoms with E-state index in [0.29, 0.717) is 34.3 Å². The number of nitrogens with zero attached hydrogens (tertiary/aromatic N) is 4. The van der Waals surface area contributed by atoms with Gasteiger partial charge in [-0.2, -0.15) is 0 Å². The normalized spacial score (nSPS) is 18.4. The number of nitrogens with one attached hydrogen (secondary N) is 1. The van der Waals surface area contributed by atoms with E-state index in [-0.39, 0.29) is 11.9 Å². The quantitative estimate of drug-likeness (QED) is 0.935. The summed E-state index contributed by atoms with van der Waals surface area (Å²) in [5.41, 5.74) is 1.08. The maximum atomic E-state index is 12.7. The molecule has 0 bridgehead atoms. The average molecular weight is 327 g/mol. The SMILES string of the molecule is CC[C@@H]1CN2C=Nc3oc(C)c(C(=O)Nc4cc(C)on4)c3C2=N1. The lowest BCUT2D eigenvalue weighted by molar-refractivity contribution is 0.102. The maximum Gasteiger partial charge on any atom is 0.261 e. The molecule has 0 fully saturated rings. The Bertz CT molecular complexity index is 876. The van der Waals surface area contributed by atoms with Gasteiger partial charge < -0.3 is 19.2 Å². The minimum Gasteiger partial charge on any atom is -0.442 e. The molecule has 4 rings (SSSR count). The van der Waals surface area contributed by atoms with Gasteiger partial charge in [0.25, 0.3) is 5.91 Å². The molecular weight excluding hydrogens is 310 g/mol. The second-order valence-corrected chi connectivity index (χ2v) is 5.90. The molecule has 2 aliphatic rings. The van der Waals surface area contributed by atoms with Crippen molar-refractivity contribution in [2.24, 2.45) is 9.98 Å². The van der Waals surface area contributed by atoms with Crippen molar-refractivity contribution in [3.63, 3.8) is 0 Å². The number of carbonyl (C=O) groups excluding carboxylic acids is 1. The summed E-state index contributed by atoms with van der Waals surface area (Å²) in [7, 11) is 0. The first kappa shape index (κ1) is 14.7. The first-order valence-corrected chi connectivity index (χ1v) is 7.84. The number of furan rings is 1. The van der Waals surface area contributed by atoms with Crippen LogP contribution >= 0.6 is 0 Å². The molecular formula is C16H17N5O3. The summed E-state index contributed by atoms with van der Waals surface area (Å²) in [5.74, 6) is 2.33. The van der Waals surface area contributed by atoms with E-state index < -0.39 is 0 Å². The topological polar surface area (TPSA) is 96.2 Å². The molecule has 0 aliphatic carbocycles. The number of carbonyl (C=O) groups is 1. The van der Waals surface area contributed by atoms with Crippen LogP contribution in [0.2, 0.25) is 0 Å². The molecule has 0 radical (unpaired) electrons. The number of amidine groups is 1. The van der Waals surface area contributed by atoms with Crippen LogP contribution < -0.4 is 5.32 Å². The Morgan fingerprint density at radius 2 is 2.29 bits per heavy atom. The summed E-state index contributed by atoms with van der Waals surface area (Å²) in [6, 6.07) is 1.85. The van der Waals surface area contributed by atoms with E-state index in [1.54, 1.807) is 26.3 Å². The van der Waals surface area contributed by atoms with Gasteiger partial charge in [-0.25, -0.2) is 4.99 Å². The zero-order valence-corrected chi connectivity index (χ0v) is 13.7. The van der Waals surface area contributed by atoms with E-state index in [1.807, 2.05) is 4.90 Å². The van der Waals surface area contributed by atoms with Crippen molar-refractivity contribution in [2.75, 3.05) is 11.9 Å². The fourth-order valence-electron chi connectivity index (χ4n) is 2.96. The first-order valence-electron chi connectivity index (χ1n) is 7.84. The summed E-state index contributed by atoms with van der Waals surface area (Å²) >= 11 is 0. The summed E-state index contributed by atoms with van der Waals surface area (Å²) in [5, 5.41) is 6.52. The Morgan fingerprint density at radius 1 is 1.46 bits per heavy atom. The van der Waals surface area contributed by atoms with Crippen LogP contribution in [0.3, 0.4) is 0 Å². The standard InChI is InChI=1S/C16H17N5O3/c1-4-10-6-21-7-17-16-13(14(21)18-10)12(9(3)23-16)15(22)19-11-5-8(2)24-20-11/h5,7,10H,4,6H2,1-3H3,(H,19,20,22)/t10-/m1/s1. The van der Waals surface area contributed by atoms with Crippen molar-refractivity contribution < 1.29 is 13.7 Å². The summed E-state index contributed by atoms with van der Waals surface area (Å²) in [4.78, 5) is 23.7. The summed E-state index contributed by atoms with van der Waals surface area (Å²) < 4.78 is 10.6. The molecule has 0 spiro atoms. The molecule has 1 N–H and O–H groups in total. The predicted octanol–water partition coefficient (Wildman–Crippen LogP) is 2.65. The minimum atomic E-state index is -0.314. The lowest BCUT2D eigenvalue weighted by Gasteiger charge is -2.18. The Labute approximate surface area is 138 Å². The van der Waals surface area contributed by atoms with Gasteiger partial charge in [-0.05, 0) is 20.3 Å². The molecule has 8 heteroatoms. The van der Waals surface area contributed by atoms with Gasteiger partial charge in [0.05, 0.1) is 17.2 Å². The second kappa shape index (κ2) is 5.33. The zero-order valence-electron chi connectivity index (χ0n) is 13.7. The van der Waals surface area contributed by atoms with Crippen LogP contribution in [0.4, 0.5) is 11.7 Å². The molecule has 0 unspecified atom stereocenters. The van der Waals surface area contributed by atoms with Crippen molar-refractivity contribution >= 4 is 29.8 Å². The fraction of sp³-hybridized carbons (Fsp3) is 0.375. The molecule has 8 nitrogen and oxygen atoms in total. The van der Waals surface area contributed by atoms with Crippen LogP contribution in [-0.4, -0.2) is 40.7 Å². The third-order valence-corrected chi connectivity index (χ3v) is 4.16. The molecule has 1 amide bonds. The molecule has 2 aromatic rings. The van der Waals surface area contributed by atoms with Gasteiger partial charge in [0.15, 0.2) is 5.82 Å². The zero-order chi connectivity index (χ0) is 16.8. The Hall–Kier alpha value is -2.90. The molecule has 2 aromatic heterocycles. The van der Waals surface area contributed by atoms with Crippen LogP contribution in [-0.2, 0) is 0 Å². The van der Waals surface area contributed by atoms with E-state index in [0.717, 1.165) is 18.8 Å². The van der Waals surface area contributed by atoms with E-state index in [9.17, 15) is 4.79 Å². The third-order valence-electron chi connectivity index (χ3n) is 4.16. The highest BCUT2D eigenvalue weighted by atomic mass is 16.5. The van der Waals surface area contributed by atoms with Crippen molar-refractivity contribution in [3.8, 4) is 0 Å². The number of aliphatic imine (C=N–C) groups is 2. The summed E-state index contributed by atoms with van der Waals surface area (Å²) in [6.45, 7) is 6.36. The molecule has 1 atom stereocenters. The van der Waals surface area contributed by atoms with Crippen molar-refractivity contribution in [2.45, 2.75) is 33.2 Å². The van der Waals surface area contributed by atoms with Crippen LogP contribution in [0.25, 0.3) is 0 Å². The Morgan fingerprint density at radius 3 is 3.00 bits per heavy atom. The number of amides is 1. The highest BCUT2D eigenvalue weighted by Crippen LogP contribution is 2.35. The molecule has 2 aliphatic heterocycles. The van der Waals surface area contributed by atoms with Crippen molar-refractivity contribution in [1.29, 1.82) is 0 Å². The highest BCUT2D eigenvalue weighted by Gasteiger charge is 2.36. The fourth-order valence-corrected chi connectivity index (χ4v) is 2.96. The third kappa shape index (κ3) is 2.22. The smallest absolute Gasteiger partial charge is 0.261 e. The lowest BCUT2D eigenvalue weighted by atomic mass is 10.1. The number of rotatable bonds is 3. The van der Waals surface area contributed by atoms with Gasteiger partial charge in [0.2, 0.25) is 5.88 Å². The monoisotopic (exact) mass is 327 g/mol. The average Bonchev–Trinajstić information content (AvgIpc) is 3.22. The number of aryl methyl sites for hydroxylation is 2. The number of hydrogen-bond acceptors (Lipinski definition) is 7. The second-order valence-electron chi connectivity index (χ2n) is 5.90. The molecule has 0 saturated carbocycles. The molecule has 24 heavy (non-hydrogen) atoms. The molecule has 0 saturated heterocycles. The van der Waals surface area contributed by atoms with Gasteiger partial charge >= 0.3 is 0 Å². The Kier molecular flexibility index (Phi) is 3.26. The highest BCUT2D eigenvalue weighted by molar-refractivity contribution is 6.19. The maximum absolute atomic E-state index is 12.7. The van der Waals surface area contributed by atoms with Crippen LogP contribution in [0.1, 0.15) is 40.8 Å². The number of aromatic nitrogens is 1. The van der Waals surface area contributed by atoms with Crippen LogP contribution in [0.15, 0.2) is 25.0 Å². The van der Waals surface area contributed by atoms with E-state index >= 15 is 0 Å². The largest absolute Gasteiger partial charge is 0.442 e. The Balaban J connectivity index is 1.74. The van der Waals surface area contributed by atoms with Gasteiger partial charge in [-0.3, -0.25) is 9.79 Å². The van der Waals surface area contributed by atoms with Crippen LogP contribution in [0, 0.1) is 13.8 Å². The van der Waals surface area contributed by atoms with Gasteiger partial charge in [-0.15, -0.1) is 0 Å². The van der Waals surface area contributed by atoms with Crippen LogP contribution in [0.5, 0.6) is 0 Å². The van der Waals surface area contributed by atoms with Gasteiger partial charge in [0, 0.05) is 12.6 Å². The number of fused-ring (bicyclic) bond motifs is 3. The van der Waals surface area contributed by atoms with Gasteiger partial charge in [0.1, 0.15) is 23.7 Å². The van der Waals surface area contributed by atoms with E-state index in [4.69, 9.17) is 13.9 Å².